The number of benzene rings is 4. The van der Waals surface area contributed by atoms with Gasteiger partial charge in [-0.3, -0.25) is 4.79 Å². The average molecular weight is 450 g/mol. The van der Waals surface area contributed by atoms with Gasteiger partial charge in [0.05, 0.1) is 11.3 Å². The summed E-state index contributed by atoms with van der Waals surface area (Å²) in [6.07, 6.45) is 3.23. The van der Waals surface area contributed by atoms with E-state index in [1.165, 1.54) is 6.08 Å². The number of ketones is 1. The summed E-state index contributed by atoms with van der Waals surface area (Å²) in [5.41, 5.74) is 14.4. The molecule has 6 nitrogen and oxygen atoms in total. The van der Waals surface area contributed by atoms with Crippen LogP contribution in [0, 0.1) is 0 Å². The van der Waals surface area contributed by atoms with Crippen molar-refractivity contribution in [3.05, 3.63) is 120 Å². The summed E-state index contributed by atoms with van der Waals surface area (Å²) < 4.78 is 11.2. The van der Waals surface area contributed by atoms with Gasteiger partial charge in [0, 0.05) is 11.3 Å². The predicted molar refractivity (Wildman–Crippen MR) is 133 cm³/mol. The van der Waals surface area contributed by atoms with E-state index >= 15 is 0 Å². The molecule has 4 aromatic carbocycles. The summed E-state index contributed by atoms with van der Waals surface area (Å²) in [6, 6.07) is 27.4. The van der Waals surface area contributed by atoms with E-state index in [1.54, 1.807) is 84.9 Å². The summed E-state index contributed by atoms with van der Waals surface area (Å²) in [5.74, 6) is 0.813. The zero-order valence-electron chi connectivity index (χ0n) is 18.2. The molecule has 0 aliphatic carbocycles. The molecule has 0 bridgehead atoms. The number of nitrogen functional groups attached to an aromatic ring is 2. The van der Waals surface area contributed by atoms with Gasteiger partial charge in [-0.15, -0.1) is 0 Å². The fourth-order valence-corrected chi connectivity index (χ4v) is 3.13. The highest BCUT2D eigenvalue weighted by Crippen LogP contribution is 2.29. The van der Waals surface area contributed by atoms with Gasteiger partial charge in [0.25, 0.3) is 0 Å². The summed E-state index contributed by atoms with van der Waals surface area (Å²) in [7, 11) is 0. The summed E-state index contributed by atoms with van der Waals surface area (Å²) >= 11 is 0. The maximum atomic E-state index is 12.5. The molecule has 0 saturated heterocycles. The van der Waals surface area contributed by atoms with Crippen molar-refractivity contribution in [2.45, 2.75) is 0 Å². The van der Waals surface area contributed by atoms with Gasteiger partial charge in [0.2, 0.25) is 0 Å². The molecular formula is C28H22N2O4. The number of ether oxygens (including phenoxy) is 2. The van der Waals surface area contributed by atoms with Gasteiger partial charge in [-0.05, 0) is 66.2 Å². The van der Waals surface area contributed by atoms with E-state index in [9.17, 15) is 9.59 Å². The van der Waals surface area contributed by atoms with Gasteiger partial charge in [-0.25, -0.2) is 4.79 Å². The van der Waals surface area contributed by atoms with Gasteiger partial charge >= 0.3 is 5.97 Å². The molecule has 0 radical (unpaired) electrons. The SMILES string of the molecule is Nc1ccc(Oc2ccc(C(=O)Oc3ccc(C=CC(=O)c4ccccc4)cc3)cc2)c(N)c1. The number of allylic oxidation sites excluding steroid dienone is 1. The van der Waals surface area contributed by atoms with Gasteiger partial charge in [-0.2, -0.15) is 0 Å². The van der Waals surface area contributed by atoms with Crippen LogP contribution in [0.15, 0.2) is 103 Å². The Hall–Kier alpha value is -4.84. The number of hydrogen-bond donors (Lipinski definition) is 2. The molecule has 0 unspecified atom stereocenters. The smallest absolute Gasteiger partial charge is 0.343 e. The number of esters is 1. The molecule has 0 aliphatic rings. The van der Waals surface area contributed by atoms with E-state index in [0.717, 1.165) is 5.56 Å². The van der Waals surface area contributed by atoms with E-state index in [0.29, 0.717) is 39.8 Å². The Morgan fingerprint density at radius 1 is 0.706 bits per heavy atom. The molecular weight excluding hydrogens is 428 g/mol. The molecule has 0 aliphatic heterocycles. The average Bonchev–Trinajstić information content (AvgIpc) is 2.86. The molecule has 0 saturated carbocycles. The number of carbonyl (C=O) groups is 2. The Labute approximate surface area is 197 Å². The zero-order valence-corrected chi connectivity index (χ0v) is 18.2. The molecule has 0 atom stereocenters. The lowest BCUT2D eigenvalue weighted by Crippen LogP contribution is -2.08. The Morgan fingerprint density at radius 3 is 2.06 bits per heavy atom. The van der Waals surface area contributed by atoms with Crippen LogP contribution < -0.4 is 20.9 Å². The van der Waals surface area contributed by atoms with Crippen molar-refractivity contribution in [1.82, 2.24) is 0 Å². The van der Waals surface area contributed by atoms with Crippen molar-refractivity contribution >= 4 is 29.2 Å². The van der Waals surface area contributed by atoms with Crippen LogP contribution in [0.1, 0.15) is 26.3 Å². The summed E-state index contributed by atoms with van der Waals surface area (Å²) in [5, 5.41) is 0. The van der Waals surface area contributed by atoms with Crippen LogP contribution in [0.4, 0.5) is 11.4 Å². The molecule has 168 valence electrons. The van der Waals surface area contributed by atoms with Crippen molar-refractivity contribution < 1.29 is 19.1 Å². The first-order valence-electron chi connectivity index (χ1n) is 10.5. The highest BCUT2D eigenvalue weighted by molar-refractivity contribution is 6.06. The highest BCUT2D eigenvalue weighted by atomic mass is 16.5. The van der Waals surface area contributed by atoms with Crippen molar-refractivity contribution in [1.29, 1.82) is 0 Å². The van der Waals surface area contributed by atoms with Crippen molar-refractivity contribution in [3.63, 3.8) is 0 Å². The van der Waals surface area contributed by atoms with E-state index in [4.69, 9.17) is 20.9 Å². The maximum Gasteiger partial charge on any atom is 0.343 e. The zero-order chi connectivity index (χ0) is 23.9. The second-order valence-electron chi connectivity index (χ2n) is 7.45. The van der Waals surface area contributed by atoms with Gasteiger partial charge in [-0.1, -0.05) is 48.5 Å². The fourth-order valence-electron chi connectivity index (χ4n) is 3.13. The third-order valence-electron chi connectivity index (χ3n) is 4.93. The first kappa shape index (κ1) is 22.4. The molecule has 0 aromatic heterocycles. The Kier molecular flexibility index (Phi) is 6.70. The third-order valence-corrected chi connectivity index (χ3v) is 4.93. The van der Waals surface area contributed by atoms with Crippen LogP contribution in [-0.4, -0.2) is 11.8 Å². The quantitative estimate of drug-likeness (QED) is 0.122. The minimum atomic E-state index is -0.499. The van der Waals surface area contributed by atoms with E-state index in [-0.39, 0.29) is 5.78 Å². The van der Waals surface area contributed by atoms with Crippen LogP contribution in [0.3, 0.4) is 0 Å². The second-order valence-corrected chi connectivity index (χ2v) is 7.45. The molecule has 0 fully saturated rings. The Morgan fingerprint density at radius 2 is 1.38 bits per heavy atom. The standard InChI is InChI=1S/C28H22N2O4/c29-22-11-17-27(25(30)18-22)33-23-14-9-21(10-15-23)28(32)34-24-12-6-19(7-13-24)8-16-26(31)20-4-2-1-3-5-20/h1-18H,29-30H2. The maximum absolute atomic E-state index is 12.5. The van der Waals surface area contributed by atoms with Crippen molar-refractivity contribution in [3.8, 4) is 17.2 Å². The lowest BCUT2D eigenvalue weighted by molar-refractivity contribution is 0.0734. The largest absolute Gasteiger partial charge is 0.455 e. The van der Waals surface area contributed by atoms with Gasteiger partial charge < -0.3 is 20.9 Å². The van der Waals surface area contributed by atoms with E-state index in [1.807, 2.05) is 18.2 Å². The van der Waals surface area contributed by atoms with Crippen LogP contribution >= 0.6 is 0 Å². The highest BCUT2D eigenvalue weighted by Gasteiger charge is 2.10. The first-order valence-corrected chi connectivity index (χ1v) is 10.5. The first-order chi connectivity index (χ1) is 16.5. The normalized spacial score (nSPS) is 10.7. The fraction of sp³-hybridized carbons (Fsp3) is 0. The summed E-state index contributed by atoms with van der Waals surface area (Å²) in [4.78, 5) is 24.6. The van der Waals surface area contributed by atoms with Gasteiger partial charge in [0.15, 0.2) is 5.78 Å². The molecule has 0 heterocycles. The minimum Gasteiger partial charge on any atom is -0.455 e. The third kappa shape index (κ3) is 5.69. The molecule has 4 N–H and O–H groups in total. The number of rotatable bonds is 7. The van der Waals surface area contributed by atoms with Crippen LogP contribution in [0.25, 0.3) is 6.08 Å². The monoisotopic (exact) mass is 450 g/mol. The molecule has 4 rings (SSSR count). The van der Waals surface area contributed by atoms with Crippen LogP contribution in [0.5, 0.6) is 17.2 Å². The number of nitrogens with two attached hydrogens (primary N) is 2. The van der Waals surface area contributed by atoms with Crippen LogP contribution in [0.2, 0.25) is 0 Å². The predicted octanol–water partition coefficient (Wildman–Crippen LogP) is 5.76. The molecule has 0 amide bonds. The molecule has 4 aromatic rings. The molecule has 6 heteroatoms. The molecule has 34 heavy (non-hydrogen) atoms. The number of carbonyl (C=O) groups excluding carboxylic acids is 2. The second kappa shape index (κ2) is 10.2. The number of anilines is 2. The molecule has 0 spiro atoms. The van der Waals surface area contributed by atoms with Crippen molar-refractivity contribution in [2.24, 2.45) is 0 Å². The Balaban J connectivity index is 1.35. The van der Waals surface area contributed by atoms with E-state index < -0.39 is 5.97 Å². The van der Waals surface area contributed by atoms with Crippen LogP contribution in [-0.2, 0) is 0 Å². The lowest BCUT2D eigenvalue weighted by atomic mass is 10.1. The number of hydrogen-bond acceptors (Lipinski definition) is 6. The minimum absolute atomic E-state index is 0.0809. The topological polar surface area (TPSA) is 105 Å². The van der Waals surface area contributed by atoms with Crippen molar-refractivity contribution in [2.75, 3.05) is 11.5 Å². The lowest BCUT2D eigenvalue weighted by Gasteiger charge is -2.10. The summed E-state index contributed by atoms with van der Waals surface area (Å²) in [6.45, 7) is 0. The Bertz CT molecular complexity index is 1330. The van der Waals surface area contributed by atoms with Gasteiger partial charge in [0.1, 0.15) is 17.2 Å². The van der Waals surface area contributed by atoms with E-state index in [2.05, 4.69) is 0 Å².